The van der Waals surface area contributed by atoms with Crippen LogP contribution in [0.1, 0.15) is 67.3 Å². The standard InChI is InChI=1S/C28H34FN3O5/c1-17-7-12-21(18(2)13-17)22(15-25(33)34)30-26(35)23-14-24(37-16-28(6,36)27(3,4)5)32(31-23)20-10-8-19(29)9-11-20/h7-14,22,36H,15-16H2,1-6H3,(H,30,35)(H,33,34)/t22-,28-/m0/s1. The van der Waals surface area contributed by atoms with Gasteiger partial charge in [-0.1, -0.05) is 44.5 Å². The van der Waals surface area contributed by atoms with Gasteiger partial charge < -0.3 is 20.3 Å². The highest BCUT2D eigenvalue weighted by molar-refractivity contribution is 5.93. The van der Waals surface area contributed by atoms with Crippen LogP contribution in [-0.4, -0.2) is 44.1 Å². The number of nitrogens with one attached hydrogen (secondary N) is 1. The molecule has 3 aromatic rings. The number of aromatic nitrogens is 2. The zero-order valence-corrected chi connectivity index (χ0v) is 22.0. The van der Waals surface area contributed by atoms with Crippen LogP contribution in [0.15, 0.2) is 48.5 Å². The summed E-state index contributed by atoms with van der Waals surface area (Å²) in [4.78, 5) is 24.8. The van der Waals surface area contributed by atoms with Gasteiger partial charge in [0.25, 0.3) is 5.91 Å². The van der Waals surface area contributed by atoms with Gasteiger partial charge in [-0.15, -0.1) is 0 Å². The second-order valence-electron chi connectivity index (χ2n) is 10.6. The van der Waals surface area contributed by atoms with Crippen molar-refractivity contribution in [2.24, 2.45) is 5.41 Å². The molecular formula is C28H34FN3O5. The molecule has 0 radical (unpaired) electrons. The Morgan fingerprint density at radius 3 is 2.30 bits per heavy atom. The molecule has 0 bridgehead atoms. The number of benzene rings is 2. The number of nitrogens with zero attached hydrogens (tertiary/aromatic N) is 2. The Kier molecular flexibility index (Phi) is 8.07. The molecule has 0 spiro atoms. The summed E-state index contributed by atoms with van der Waals surface area (Å²) >= 11 is 0. The smallest absolute Gasteiger partial charge is 0.305 e. The summed E-state index contributed by atoms with van der Waals surface area (Å²) in [7, 11) is 0. The van der Waals surface area contributed by atoms with Crippen molar-refractivity contribution in [2.45, 2.75) is 59.6 Å². The first kappa shape index (κ1) is 27.9. The zero-order valence-electron chi connectivity index (χ0n) is 22.0. The van der Waals surface area contributed by atoms with Crippen LogP contribution in [0, 0.1) is 25.1 Å². The van der Waals surface area contributed by atoms with Crippen LogP contribution in [0.4, 0.5) is 4.39 Å². The van der Waals surface area contributed by atoms with E-state index >= 15 is 0 Å². The fraction of sp³-hybridized carbons (Fsp3) is 0.393. The summed E-state index contributed by atoms with van der Waals surface area (Å²) in [5.41, 5.74) is 1.30. The molecule has 0 unspecified atom stereocenters. The monoisotopic (exact) mass is 511 g/mol. The summed E-state index contributed by atoms with van der Waals surface area (Å²) in [6.45, 7) is 11.0. The average Bonchev–Trinajstić information content (AvgIpc) is 3.21. The first-order valence-electron chi connectivity index (χ1n) is 12.0. The first-order chi connectivity index (χ1) is 17.2. The van der Waals surface area contributed by atoms with Gasteiger partial charge in [0.15, 0.2) is 5.69 Å². The number of carbonyl (C=O) groups excluding carboxylic acids is 1. The van der Waals surface area contributed by atoms with Crippen molar-refractivity contribution >= 4 is 11.9 Å². The topological polar surface area (TPSA) is 114 Å². The zero-order chi connectivity index (χ0) is 27.5. The number of carbonyl (C=O) groups is 2. The van der Waals surface area contributed by atoms with E-state index in [1.54, 1.807) is 13.0 Å². The van der Waals surface area contributed by atoms with Gasteiger partial charge in [-0.05, 0) is 61.6 Å². The molecule has 0 saturated heterocycles. The van der Waals surface area contributed by atoms with Crippen LogP contribution in [0.5, 0.6) is 5.88 Å². The van der Waals surface area contributed by atoms with E-state index in [0.29, 0.717) is 11.3 Å². The van der Waals surface area contributed by atoms with E-state index in [0.717, 1.165) is 11.1 Å². The number of amides is 1. The largest absolute Gasteiger partial charge is 0.481 e. The predicted molar refractivity (Wildman–Crippen MR) is 137 cm³/mol. The molecule has 0 fully saturated rings. The molecule has 0 aliphatic rings. The molecule has 0 saturated carbocycles. The number of carboxylic acid groups (broad SMARTS) is 1. The number of halogens is 1. The van der Waals surface area contributed by atoms with Crippen molar-refractivity contribution in [3.05, 3.63) is 76.7 Å². The van der Waals surface area contributed by atoms with Crippen molar-refractivity contribution in [2.75, 3.05) is 6.61 Å². The fourth-order valence-corrected chi connectivity index (χ4v) is 3.64. The quantitative estimate of drug-likeness (QED) is 0.382. The average molecular weight is 512 g/mol. The van der Waals surface area contributed by atoms with Crippen molar-refractivity contribution in [1.29, 1.82) is 0 Å². The van der Waals surface area contributed by atoms with E-state index in [9.17, 15) is 24.2 Å². The molecule has 8 nitrogen and oxygen atoms in total. The first-order valence-corrected chi connectivity index (χ1v) is 12.0. The van der Waals surface area contributed by atoms with Gasteiger partial charge in [0.05, 0.1) is 18.2 Å². The summed E-state index contributed by atoms with van der Waals surface area (Å²) in [5, 5.41) is 27.5. The van der Waals surface area contributed by atoms with E-state index in [1.165, 1.54) is 35.0 Å². The Morgan fingerprint density at radius 1 is 1.08 bits per heavy atom. The number of aliphatic hydroxyl groups is 1. The lowest BCUT2D eigenvalue weighted by molar-refractivity contribution is -0.137. The normalized spacial score (nSPS) is 14.1. The molecule has 0 aliphatic heterocycles. The van der Waals surface area contributed by atoms with Crippen molar-refractivity contribution in [3.8, 4) is 11.6 Å². The fourth-order valence-electron chi connectivity index (χ4n) is 3.64. The molecule has 3 N–H and O–H groups in total. The minimum Gasteiger partial charge on any atom is -0.481 e. The van der Waals surface area contributed by atoms with Crippen molar-refractivity contribution in [1.82, 2.24) is 15.1 Å². The van der Waals surface area contributed by atoms with Crippen LogP contribution in [0.2, 0.25) is 0 Å². The maximum atomic E-state index is 13.5. The third-order valence-electron chi connectivity index (χ3n) is 6.58. The van der Waals surface area contributed by atoms with Crippen LogP contribution in [0.3, 0.4) is 0 Å². The molecule has 198 valence electrons. The molecule has 2 atom stereocenters. The van der Waals surface area contributed by atoms with Gasteiger partial charge in [-0.2, -0.15) is 5.10 Å². The molecular weight excluding hydrogens is 477 g/mol. The summed E-state index contributed by atoms with van der Waals surface area (Å²) < 4.78 is 20.8. The number of rotatable bonds is 9. The summed E-state index contributed by atoms with van der Waals surface area (Å²) in [6, 6.07) is 11.7. The number of hydrogen-bond donors (Lipinski definition) is 3. The molecule has 9 heteroatoms. The van der Waals surface area contributed by atoms with Gasteiger partial charge in [0.1, 0.15) is 18.0 Å². The van der Waals surface area contributed by atoms with Crippen molar-refractivity contribution in [3.63, 3.8) is 0 Å². The van der Waals surface area contributed by atoms with Crippen molar-refractivity contribution < 1.29 is 28.9 Å². The lowest BCUT2D eigenvalue weighted by atomic mass is 9.78. The Bertz CT molecular complexity index is 1280. The van der Waals surface area contributed by atoms with E-state index in [-0.39, 0.29) is 24.6 Å². The Balaban J connectivity index is 1.95. The van der Waals surface area contributed by atoms with E-state index in [2.05, 4.69) is 10.4 Å². The van der Waals surface area contributed by atoms with Gasteiger partial charge in [0, 0.05) is 6.07 Å². The highest BCUT2D eigenvalue weighted by Crippen LogP contribution is 2.31. The number of ether oxygens (including phenoxy) is 1. The van der Waals surface area contributed by atoms with Gasteiger partial charge in [-0.3, -0.25) is 9.59 Å². The Labute approximate surface area is 216 Å². The molecule has 2 aromatic carbocycles. The Hall–Kier alpha value is -3.72. The SMILES string of the molecule is Cc1ccc([C@H](CC(=O)O)NC(=O)c2cc(OC[C@](C)(O)C(C)(C)C)n(-c3ccc(F)cc3)n2)c(C)c1. The van der Waals surface area contributed by atoms with E-state index in [4.69, 9.17) is 4.74 Å². The minimum absolute atomic E-state index is 0.0186. The minimum atomic E-state index is -1.21. The lowest BCUT2D eigenvalue weighted by Gasteiger charge is -2.36. The lowest BCUT2D eigenvalue weighted by Crippen LogP contribution is -2.45. The second-order valence-corrected chi connectivity index (χ2v) is 10.6. The third-order valence-corrected chi connectivity index (χ3v) is 6.58. The number of hydrogen-bond acceptors (Lipinski definition) is 5. The number of carboxylic acids is 1. The predicted octanol–water partition coefficient (Wildman–Crippen LogP) is 4.75. The molecule has 0 aliphatic carbocycles. The van der Waals surface area contributed by atoms with Gasteiger partial charge >= 0.3 is 5.97 Å². The third kappa shape index (κ3) is 6.74. The van der Waals surface area contributed by atoms with Crippen LogP contribution in [0.25, 0.3) is 5.69 Å². The van der Waals surface area contributed by atoms with Crippen LogP contribution >= 0.6 is 0 Å². The molecule has 37 heavy (non-hydrogen) atoms. The number of aryl methyl sites for hydroxylation is 2. The molecule has 1 aromatic heterocycles. The molecule has 3 rings (SSSR count). The highest BCUT2D eigenvalue weighted by Gasteiger charge is 2.36. The number of aliphatic carboxylic acids is 1. The summed E-state index contributed by atoms with van der Waals surface area (Å²) in [5.74, 6) is -1.92. The van der Waals surface area contributed by atoms with Gasteiger partial charge in [-0.25, -0.2) is 9.07 Å². The van der Waals surface area contributed by atoms with E-state index < -0.39 is 34.8 Å². The van der Waals surface area contributed by atoms with Crippen LogP contribution < -0.4 is 10.1 Å². The van der Waals surface area contributed by atoms with Gasteiger partial charge in [0.2, 0.25) is 5.88 Å². The van der Waals surface area contributed by atoms with E-state index in [1.807, 2.05) is 46.8 Å². The maximum Gasteiger partial charge on any atom is 0.305 e. The molecule has 1 heterocycles. The second kappa shape index (κ2) is 10.7. The highest BCUT2D eigenvalue weighted by atomic mass is 19.1. The molecule has 1 amide bonds. The Morgan fingerprint density at radius 2 is 1.73 bits per heavy atom. The summed E-state index contributed by atoms with van der Waals surface area (Å²) in [6.07, 6.45) is -0.313. The maximum absolute atomic E-state index is 13.5. The van der Waals surface area contributed by atoms with Crippen LogP contribution in [-0.2, 0) is 4.79 Å².